The van der Waals surface area contributed by atoms with Crippen LogP contribution in [0.25, 0.3) is 16.6 Å². The molecule has 2 heterocycles. The smallest absolute Gasteiger partial charge is 0.166 e. The maximum Gasteiger partial charge on any atom is 0.166 e. The molecule has 0 atom stereocenters. The lowest BCUT2D eigenvalue weighted by molar-refractivity contribution is -0.133. The number of Topliss-reactive ketones (excluding diaryl/α,β-unsaturated/α-hetero) is 2. The van der Waals surface area contributed by atoms with E-state index in [1.165, 1.54) is 29.8 Å². The lowest BCUT2D eigenvalue weighted by atomic mass is 9.88. The number of nitrogens with zero attached hydrogens (tertiary/aromatic N) is 2. The number of aromatic nitrogens is 2. The zero-order valence-corrected chi connectivity index (χ0v) is 22.6. The predicted molar refractivity (Wildman–Crippen MR) is 152 cm³/mol. The molecule has 0 spiro atoms. The highest BCUT2D eigenvalue weighted by Crippen LogP contribution is 2.49. The average molecular weight is 551 g/mol. The zero-order valence-electron chi connectivity index (χ0n) is 22.6. The van der Waals surface area contributed by atoms with Crippen LogP contribution in [0.3, 0.4) is 0 Å². The normalized spacial score (nSPS) is 13.7. The Morgan fingerprint density at radius 3 is 2.29 bits per heavy atom. The molecule has 0 bridgehead atoms. The van der Waals surface area contributed by atoms with Gasteiger partial charge in [-0.05, 0) is 71.8 Å². The Hall–Kier alpha value is -4.65. The molecule has 5 aromatic rings. The van der Waals surface area contributed by atoms with Crippen LogP contribution in [0.1, 0.15) is 36.5 Å². The Balaban J connectivity index is 1.20. The second-order valence-electron chi connectivity index (χ2n) is 10.5. The van der Waals surface area contributed by atoms with Crippen LogP contribution in [0.5, 0.6) is 11.5 Å². The predicted octanol–water partition coefficient (Wildman–Crippen LogP) is 7.34. The number of carbonyl (C=O) groups is 2. The molecular weight excluding hydrogens is 522 g/mol. The van der Waals surface area contributed by atoms with Crippen molar-refractivity contribution in [1.29, 1.82) is 0 Å². The highest BCUT2D eigenvalue weighted by atomic mass is 19.1. The van der Waals surface area contributed by atoms with Gasteiger partial charge in [0.25, 0.3) is 0 Å². The lowest BCUT2D eigenvalue weighted by Gasteiger charge is -2.14. The summed E-state index contributed by atoms with van der Waals surface area (Å²) >= 11 is 0. The quantitative estimate of drug-likeness (QED) is 0.171. The highest BCUT2D eigenvalue weighted by Gasteiger charge is 2.54. The van der Waals surface area contributed by atoms with Gasteiger partial charge >= 0.3 is 0 Å². The number of halogens is 2. The van der Waals surface area contributed by atoms with Gasteiger partial charge in [-0.15, -0.1) is 0 Å². The molecule has 6 rings (SSSR count). The molecule has 1 aliphatic carbocycles. The van der Waals surface area contributed by atoms with Gasteiger partial charge in [0, 0.05) is 30.7 Å². The Labute approximate surface area is 236 Å². The monoisotopic (exact) mass is 550 g/mol. The van der Waals surface area contributed by atoms with Crippen molar-refractivity contribution in [3.63, 3.8) is 0 Å². The van der Waals surface area contributed by atoms with E-state index in [1.807, 2.05) is 24.4 Å². The van der Waals surface area contributed by atoms with Crippen LogP contribution in [-0.4, -0.2) is 21.2 Å². The zero-order chi connectivity index (χ0) is 28.6. The van der Waals surface area contributed by atoms with Crippen LogP contribution >= 0.6 is 0 Å². The molecule has 5 nitrogen and oxygen atoms in total. The average Bonchev–Trinajstić information content (AvgIpc) is 3.69. The summed E-state index contributed by atoms with van der Waals surface area (Å²) in [5.74, 6) is -0.902. The molecule has 1 saturated carbocycles. The Kier molecular flexibility index (Phi) is 6.95. The molecule has 7 heteroatoms. The molecule has 0 amide bonds. The Bertz CT molecular complexity index is 1770. The second kappa shape index (κ2) is 10.7. The van der Waals surface area contributed by atoms with E-state index in [-0.39, 0.29) is 36.0 Å². The number of ether oxygens (including phenoxy) is 1. The highest BCUT2D eigenvalue weighted by molar-refractivity contribution is 6.10. The van der Waals surface area contributed by atoms with Crippen LogP contribution in [0.15, 0.2) is 91.3 Å². The van der Waals surface area contributed by atoms with Crippen molar-refractivity contribution >= 4 is 17.1 Å². The van der Waals surface area contributed by atoms with E-state index in [0.717, 1.165) is 23.1 Å². The topological polar surface area (TPSA) is 60.7 Å². The van der Waals surface area contributed by atoms with Crippen LogP contribution in [0.2, 0.25) is 0 Å². The molecular formula is C34H28F2N2O3. The number of ketones is 2. The third-order valence-corrected chi connectivity index (χ3v) is 7.84. The standard InChI is InChI=1S/C34H28F2N2O3/c1-2-22-4-3-5-25(18-22)27-13-17-38-33(27)30(12-16-37-38)41-29-11-8-24(19-28(29)36)21-32(40)34(14-15-34)31(39)20-23-6-9-26(35)10-7-23/h3-13,16-19H,2,14-15,20-21H2,1H3. The van der Waals surface area contributed by atoms with Crippen molar-refractivity contribution in [1.82, 2.24) is 9.61 Å². The SMILES string of the molecule is CCc1cccc(-c2ccn3nccc(Oc4ccc(CC(=O)C5(C(=O)Cc6ccc(F)cc6)CC5)cc4F)c23)c1. The van der Waals surface area contributed by atoms with Crippen LogP contribution < -0.4 is 4.74 Å². The van der Waals surface area contributed by atoms with Gasteiger partial charge in [-0.3, -0.25) is 9.59 Å². The van der Waals surface area contributed by atoms with Gasteiger partial charge in [0.15, 0.2) is 28.9 Å². The number of fused-ring (bicyclic) bond motifs is 1. The fourth-order valence-electron chi connectivity index (χ4n) is 5.29. The van der Waals surface area contributed by atoms with E-state index in [9.17, 15) is 14.0 Å². The number of hydrogen-bond donors (Lipinski definition) is 0. The molecule has 41 heavy (non-hydrogen) atoms. The maximum atomic E-state index is 15.3. The van der Waals surface area contributed by atoms with Crippen molar-refractivity contribution in [2.45, 2.75) is 39.0 Å². The summed E-state index contributed by atoms with van der Waals surface area (Å²) in [6.07, 6.45) is 5.32. The minimum atomic E-state index is -1.04. The van der Waals surface area contributed by atoms with Gasteiger partial charge < -0.3 is 4.74 Å². The third kappa shape index (κ3) is 5.27. The molecule has 0 saturated heterocycles. The summed E-state index contributed by atoms with van der Waals surface area (Å²) < 4.78 is 36.2. The van der Waals surface area contributed by atoms with E-state index in [0.29, 0.717) is 29.7 Å². The van der Waals surface area contributed by atoms with E-state index >= 15 is 4.39 Å². The molecule has 3 aromatic carbocycles. The van der Waals surface area contributed by atoms with Gasteiger partial charge in [-0.2, -0.15) is 5.10 Å². The minimum absolute atomic E-state index is 0.0253. The first-order valence-electron chi connectivity index (χ1n) is 13.7. The van der Waals surface area contributed by atoms with E-state index in [1.54, 1.807) is 35.0 Å². The third-order valence-electron chi connectivity index (χ3n) is 7.84. The first kappa shape index (κ1) is 26.6. The largest absolute Gasteiger partial charge is 0.452 e. The summed E-state index contributed by atoms with van der Waals surface area (Å²) in [6, 6.07) is 22.0. The number of rotatable bonds is 10. The number of aryl methyl sites for hydroxylation is 1. The summed E-state index contributed by atoms with van der Waals surface area (Å²) in [5.41, 5.74) is 3.96. The van der Waals surface area contributed by atoms with Gasteiger partial charge in [0.05, 0.1) is 11.6 Å². The molecule has 0 N–H and O–H groups in total. The summed E-state index contributed by atoms with van der Waals surface area (Å²) in [7, 11) is 0. The summed E-state index contributed by atoms with van der Waals surface area (Å²) in [6.45, 7) is 2.10. The van der Waals surface area contributed by atoms with E-state index in [4.69, 9.17) is 4.74 Å². The summed E-state index contributed by atoms with van der Waals surface area (Å²) in [4.78, 5) is 26.1. The number of carbonyl (C=O) groups excluding carboxylic acids is 2. The molecule has 0 aliphatic heterocycles. The molecule has 2 aromatic heterocycles. The maximum absolute atomic E-state index is 15.3. The number of hydrogen-bond acceptors (Lipinski definition) is 4. The van der Waals surface area contributed by atoms with Crippen molar-refractivity contribution in [3.8, 4) is 22.6 Å². The molecule has 206 valence electrons. The van der Waals surface area contributed by atoms with Crippen LogP contribution in [0.4, 0.5) is 8.78 Å². The Morgan fingerprint density at radius 1 is 0.854 bits per heavy atom. The van der Waals surface area contributed by atoms with Crippen molar-refractivity contribution in [2.24, 2.45) is 5.41 Å². The summed E-state index contributed by atoms with van der Waals surface area (Å²) in [5, 5.41) is 4.38. The van der Waals surface area contributed by atoms with E-state index < -0.39 is 11.2 Å². The van der Waals surface area contributed by atoms with Crippen molar-refractivity contribution in [3.05, 3.63) is 120 Å². The fourth-order valence-corrected chi connectivity index (χ4v) is 5.29. The first-order valence-corrected chi connectivity index (χ1v) is 13.7. The van der Waals surface area contributed by atoms with Gasteiger partial charge in [-0.25, -0.2) is 13.3 Å². The van der Waals surface area contributed by atoms with Gasteiger partial charge in [-0.1, -0.05) is 49.4 Å². The fraction of sp³-hybridized carbons (Fsp3) is 0.206. The van der Waals surface area contributed by atoms with Crippen LogP contribution in [0, 0.1) is 17.0 Å². The molecule has 1 aliphatic rings. The lowest BCUT2D eigenvalue weighted by Crippen LogP contribution is -2.28. The van der Waals surface area contributed by atoms with Crippen molar-refractivity contribution in [2.75, 3.05) is 0 Å². The van der Waals surface area contributed by atoms with E-state index in [2.05, 4.69) is 24.2 Å². The van der Waals surface area contributed by atoms with Gasteiger partial charge in [0.1, 0.15) is 11.3 Å². The Morgan fingerprint density at radius 2 is 1.59 bits per heavy atom. The van der Waals surface area contributed by atoms with Crippen LogP contribution in [-0.2, 0) is 28.9 Å². The number of benzene rings is 3. The second-order valence-corrected chi connectivity index (χ2v) is 10.5. The first-order chi connectivity index (χ1) is 19.9. The van der Waals surface area contributed by atoms with Gasteiger partial charge in [0.2, 0.25) is 0 Å². The van der Waals surface area contributed by atoms with Crippen molar-refractivity contribution < 1.29 is 23.1 Å². The molecule has 1 fully saturated rings. The molecule has 0 unspecified atom stereocenters. The minimum Gasteiger partial charge on any atom is -0.452 e. The molecule has 0 radical (unpaired) electrons.